The van der Waals surface area contributed by atoms with E-state index in [0.717, 1.165) is 13.0 Å². The Balaban J connectivity index is 1.90. The smallest absolute Gasteiger partial charge is 0.0641 e. The van der Waals surface area contributed by atoms with Crippen LogP contribution in [0.15, 0.2) is 54.9 Å². The maximum absolute atomic E-state index is 8.92. The van der Waals surface area contributed by atoms with Crippen molar-refractivity contribution in [3.05, 3.63) is 66.0 Å². The fourth-order valence-electron chi connectivity index (χ4n) is 2.02. The first-order valence-corrected chi connectivity index (χ1v) is 6.44. The molecule has 0 spiro atoms. The van der Waals surface area contributed by atoms with E-state index in [1.165, 1.54) is 11.1 Å². The van der Waals surface area contributed by atoms with Crippen molar-refractivity contribution in [2.45, 2.75) is 18.9 Å². The summed E-state index contributed by atoms with van der Waals surface area (Å²) >= 11 is 0. The summed E-state index contributed by atoms with van der Waals surface area (Å²) < 4.78 is 0. The average Bonchev–Trinajstić information content (AvgIpc) is 2.48. The van der Waals surface area contributed by atoms with Gasteiger partial charge in [0.25, 0.3) is 0 Å². The molecule has 0 fully saturated rings. The lowest BCUT2D eigenvalue weighted by molar-refractivity contribution is 0.545. The largest absolute Gasteiger partial charge is 0.309 e. The molecule has 0 radical (unpaired) electrons. The lowest BCUT2D eigenvalue weighted by Crippen LogP contribution is -2.23. The van der Waals surface area contributed by atoms with Crippen molar-refractivity contribution in [2.75, 3.05) is 6.54 Å². The third-order valence-corrected chi connectivity index (χ3v) is 3.05. The molecule has 1 unspecified atom stereocenters. The Hall–Kier alpha value is -2.18. The average molecular weight is 251 g/mol. The van der Waals surface area contributed by atoms with E-state index in [4.69, 9.17) is 5.26 Å². The maximum Gasteiger partial charge on any atom is 0.0641 e. The highest BCUT2D eigenvalue weighted by atomic mass is 14.9. The summed E-state index contributed by atoms with van der Waals surface area (Å²) in [4.78, 5) is 4.00. The number of nitriles is 1. The number of rotatable bonds is 6. The molecule has 19 heavy (non-hydrogen) atoms. The molecule has 1 N–H and O–H groups in total. The van der Waals surface area contributed by atoms with E-state index < -0.39 is 0 Å². The number of nitrogens with zero attached hydrogens (tertiary/aromatic N) is 2. The minimum atomic E-state index is 0.105. The third kappa shape index (κ3) is 4.20. The third-order valence-electron chi connectivity index (χ3n) is 3.05. The van der Waals surface area contributed by atoms with Crippen molar-refractivity contribution < 1.29 is 0 Å². The molecule has 0 amide bonds. The molecule has 0 aliphatic carbocycles. The van der Waals surface area contributed by atoms with Crippen molar-refractivity contribution in [3.8, 4) is 6.07 Å². The van der Waals surface area contributed by atoms with Crippen molar-refractivity contribution >= 4 is 0 Å². The van der Waals surface area contributed by atoms with E-state index in [1.54, 1.807) is 12.4 Å². The summed E-state index contributed by atoms with van der Waals surface area (Å²) in [7, 11) is 0. The zero-order chi connectivity index (χ0) is 13.3. The number of benzene rings is 1. The van der Waals surface area contributed by atoms with Crippen molar-refractivity contribution in [3.63, 3.8) is 0 Å². The molecule has 1 heterocycles. The molecule has 2 rings (SSSR count). The van der Waals surface area contributed by atoms with E-state index in [9.17, 15) is 0 Å². The minimum Gasteiger partial charge on any atom is -0.309 e. The zero-order valence-electron chi connectivity index (χ0n) is 10.8. The molecule has 1 aromatic carbocycles. The zero-order valence-corrected chi connectivity index (χ0v) is 10.8. The topological polar surface area (TPSA) is 48.7 Å². The number of hydrogen-bond acceptors (Lipinski definition) is 3. The maximum atomic E-state index is 8.92. The molecule has 3 nitrogen and oxygen atoms in total. The molecule has 96 valence electrons. The molecule has 0 aliphatic heterocycles. The van der Waals surface area contributed by atoms with Crippen LogP contribution in [0.2, 0.25) is 0 Å². The van der Waals surface area contributed by atoms with Gasteiger partial charge in [-0.05, 0) is 36.2 Å². The quantitative estimate of drug-likeness (QED) is 0.858. The molecule has 3 heteroatoms. The molecular weight excluding hydrogens is 234 g/mol. The summed E-state index contributed by atoms with van der Waals surface area (Å²) in [5.74, 6) is 0. The molecule has 0 saturated heterocycles. The second-order valence-electron chi connectivity index (χ2n) is 4.39. The normalized spacial score (nSPS) is 11.7. The van der Waals surface area contributed by atoms with E-state index in [1.807, 2.05) is 30.3 Å². The summed E-state index contributed by atoms with van der Waals surface area (Å²) in [6.07, 6.45) is 5.04. The molecule has 1 atom stereocenters. The van der Waals surface area contributed by atoms with Gasteiger partial charge in [-0.1, -0.05) is 30.3 Å². The van der Waals surface area contributed by atoms with Crippen LogP contribution in [-0.2, 0) is 6.42 Å². The Bertz CT molecular complexity index is 517. The Labute approximate surface area is 113 Å². The van der Waals surface area contributed by atoms with Crippen LogP contribution in [-0.4, -0.2) is 11.5 Å². The Morgan fingerprint density at radius 3 is 2.53 bits per heavy atom. The van der Waals surface area contributed by atoms with Crippen LogP contribution in [0.1, 0.15) is 23.6 Å². The van der Waals surface area contributed by atoms with Crippen LogP contribution in [0.25, 0.3) is 0 Å². The van der Waals surface area contributed by atoms with Gasteiger partial charge in [0.15, 0.2) is 0 Å². The Morgan fingerprint density at radius 1 is 1.11 bits per heavy atom. The van der Waals surface area contributed by atoms with E-state index in [2.05, 4.69) is 28.5 Å². The first-order valence-electron chi connectivity index (χ1n) is 6.44. The van der Waals surface area contributed by atoms with Crippen LogP contribution in [0.4, 0.5) is 0 Å². The van der Waals surface area contributed by atoms with Gasteiger partial charge in [-0.2, -0.15) is 5.26 Å². The van der Waals surface area contributed by atoms with Gasteiger partial charge in [-0.25, -0.2) is 0 Å². The number of pyridine rings is 1. The van der Waals surface area contributed by atoms with Gasteiger partial charge >= 0.3 is 0 Å². The van der Waals surface area contributed by atoms with E-state index in [-0.39, 0.29) is 6.04 Å². The number of aromatic nitrogens is 1. The predicted molar refractivity (Wildman–Crippen MR) is 75.4 cm³/mol. The van der Waals surface area contributed by atoms with Crippen LogP contribution in [0.3, 0.4) is 0 Å². The van der Waals surface area contributed by atoms with Gasteiger partial charge < -0.3 is 5.32 Å². The van der Waals surface area contributed by atoms with Crippen LogP contribution in [0, 0.1) is 11.3 Å². The molecule has 1 aromatic heterocycles. The van der Waals surface area contributed by atoms with Gasteiger partial charge in [0.1, 0.15) is 0 Å². The fourth-order valence-corrected chi connectivity index (χ4v) is 2.02. The van der Waals surface area contributed by atoms with E-state index in [0.29, 0.717) is 6.42 Å². The van der Waals surface area contributed by atoms with Gasteiger partial charge in [-0.3, -0.25) is 4.98 Å². The van der Waals surface area contributed by atoms with E-state index >= 15 is 0 Å². The SMILES string of the molecule is N#CCC(NCCc1ccncc1)c1ccccc1. The minimum absolute atomic E-state index is 0.105. The second-order valence-corrected chi connectivity index (χ2v) is 4.39. The first-order chi connectivity index (χ1) is 9.40. The number of hydrogen-bond donors (Lipinski definition) is 1. The van der Waals surface area contributed by atoms with Crippen molar-refractivity contribution in [1.29, 1.82) is 5.26 Å². The lowest BCUT2D eigenvalue weighted by Gasteiger charge is -2.16. The van der Waals surface area contributed by atoms with Gasteiger partial charge in [0.2, 0.25) is 0 Å². The fraction of sp³-hybridized carbons (Fsp3) is 0.250. The second kappa shape index (κ2) is 7.30. The molecule has 0 saturated carbocycles. The summed E-state index contributed by atoms with van der Waals surface area (Å²) in [5.41, 5.74) is 2.42. The summed E-state index contributed by atoms with van der Waals surface area (Å²) in [6.45, 7) is 0.852. The van der Waals surface area contributed by atoms with Gasteiger partial charge in [0.05, 0.1) is 12.5 Å². The Kier molecular flexibility index (Phi) is 5.09. The van der Waals surface area contributed by atoms with Crippen LogP contribution in [0.5, 0.6) is 0 Å². The van der Waals surface area contributed by atoms with Crippen molar-refractivity contribution in [2.24, 2.45) is 0 Å². The predicted octanol–water partition coefficient (Wildman–Crippen LogP) is 2.87. The van der Waals surface area contributed by atoms with Gasteiger partial charge in [0, 0.05) is 18.4 Å². The summed E-state index contributed by atoms with van der Waals surface area (Å²) in [6, 6.07) is 16.5. The molecule has 0 bridgehead atoms. The molecular formula is C16H17N3. The standard InChI is InChI=1S/C16H17N3/c17-10-6-16(15-4-2-1-3-5-15)19-13-9-14-7-11-18-12-8-14/h1-5,7-8,11-12,16,19H,6,9,13H2. The lowest BCUT2D eigenvalue weighted by atomic mass is 10.0. The highest BCUT2D eigenvalue weighted by Crippen LogP contribution is 2.15. The van der Waals surface area contributed by atoms with Crippen LogP contribution >= 0.6 is 0 Å². The van der Waals surface area contributed by atoms with Gasteiger partial charge in [-0.15, -0.1) is 0 Å². The monoisotopic (exact) mass is 251 g/mol. The Morgan fingerprint density at radius 2 is 1.84 bits per heavy atom. The molecule has 2 aromatic rings. The summed E-state index contributed by atoms with van der Waals surface area (Å²) in [5, 5.41) is 12.4. The highest BCUT2D eigenvalue weighted by molar-refractivity contribution is 5.20. The van der Waals surface area contributed by atoms with Crippen LogP contribution < -0.4 is 5.32 Å². The molecule has 0 aliphatic rings. The highest BCUT2D eigenvalue weighted by Gasteiger charge is 2.09. The van der Waals surface area contributed by atoms with Crippen molar-refractivity contribution in [1.82, 2.24) is 10.3 Å². The number of nitrogens with one attached hydrogen (secondary N) is 1. The first kappa shape index (κ1) is 13.3.